The zero-order valence-electron chi connectivity index (χ0n) is 12.5. The topological polar surface area (TPSA) is 84.2 Å². The van der Waals surface area contributed by atoms with Crippen LogP contribution in [0.15, 0.2) is 11.2 Å². The van der Waals surface area contributed by atoms with Gasteiger partial charge in [-0.15, -0.1) is 0 Å². The van der Waals surface area contributed by atoms with Gasteiger partial charge < -0.3 is 9.67 Å². The summed E-state index contributed by atoms with van der Waals surface area (Å²) in [5, 5.41) is 8.99. The number of nitrogens with zero attached hydrogens (tertiary/aromatic N) is 2. The van der Waals surface area contributed by atoms with Gasteiger partial charge in [0, 0.05) is 25.9 Å². The lowest BCUT2D eigenvalue weighted by Gasteiger charge is -2.13. The van der Waals surface area contributed by atoms with E-state index in [-0.39, 0.29) is 17.6 Å². The maximum atomic E-state index is 12.2. The minimum absolute atomic E-state index is 0.0716. The van der Waals surface area contributed by atoms with Crippen LogP contribution in [0.4, 0.5) is 0 Å². The Morgan fingerprint density at radius 1 is 1.45 bits per heavy atom. The number of rotatable bonds is 9. The average molecular weight is 303 g/mol. The second-order valence-corrected chi connectivity index (χ2v) is 6.67. The van der Waals surface area contributed by atoms with Crippen LogP contribution in [0.2, 0.25) is 0 Å². The maximum Gasteiger partial charge on any atom is 0.259 e. The normalized spacial score (nSPS) is 13.6. The third-order valence-corrected chi connectivity index (χ3v) is 4.66. The van der Waals surface area contributed by atoms with Gasteiger partial charge in [-0.25, -0.2) is 18.1 Å². The van der Waals surface area contributed by atoms with E-state index in [0.29, 0.717) is 18.8 Å². The summed E-state index contributed by atoms with van der Waals surface area (Å²) in [6, 6.07) is 0. The van der Waals surface area contributed by atoms with Gasteiger partial charge in [0.15, 0.2) is 5.03 Å². The van der Waals surface area contributed by atoms with E-state index in [0.717, 1.165) is 19.4 Å². The molecule has 0 aliphatic rings. The maximum absolute atomic E-state index is 12.2. The summed E-state index contributed by atoms with van der Waals surface area (Å²) in [5.74, 6) is 0.850. The van der Waals surface area contributed by atoms with Gasteiger partial charge in [-0.1, -0.05) is 20.3 Å². The van der Waals surface area contributed by atoms with Crippen LogP contribution in [0.3, 0.4) is 0 Å². The fraction of sp³-hybridized carbons (Fsp3) is 0.769. The number of aromatic nitrogens is 2. The summed E-state index contributed by atoms with van der Waals surface area (Å²) in [4.78, 5) is 4.11. The summed E-state index contributed by atoms with van der Waals surface area (Å²) < 4.78 is 28.8. The first-order chi connectivity index (χ1) is 9.44. The monoisotopic (exact) mass is 303 g/mol. The highest BCUT2D eigenvalue weighted by molar-refractivity contribution is 7.89. The zero-order chi connectivity index (χ0) is 15.2. The zero-order valence-corrected chi connectivity index (χ0v) is 13.3. The lowest BCUT2D eigenvalue weighted by molar-refractivity contribution is 0.254. The number of nitrogens with one attached hydrogen (secondary N) is 1. The molecule has 2 N–H and O–H groups in total. The molecule has 1 unspecified atom stereocenters. The van der Waals surface area contributed by atoms with Crippen molar-refractivity contribution in [1.82, 2.24) is 14.3 Å². The highest BCUT2D eigenvalue weighted by atomic mass is 32.2. The number of sulfonamides is 1. The minimum Gasteiger partial charge on any atom is -0.396 e. The Balaban J connectivity index is 2.75. The number of hydrogen-bond acceptors (Lipinski definition) is 4. The first kappa shape index (κ1) is 17.1. The van der Waals surface area contributed by atoms with E-state index >= 15 is 0 Å². The first-order valence-corrected chi connectivity index (χ1v) is 8.57. The molecule has 0 aromatic carbocycles. The van der Waals surface area contributed by atoms with Gasteiger partial charge in [0.25, 0.3) is 10.0 Å². The van der Waals surface area contributed by atoms with Crippen molar-refractivity contribution in [1.29, 1.82) is 0 Å². The first-order valence-electron chi connectivity index (χ1n) is 7.08. The van der Waals surface area contributed by atoms with Gasteiger partial charge >= 0.3 is 0 Å². The molecule has 0 saturated carbocycles. The van der Waals surface area contributed by atoms with Crippen LogP contribution >= 0.6 is 0 Å². The fourth-order valence-electron chi connectivity index (χ4n) is 2.01. The molecular formula is C13H25N3O3S. The standard InChI is InChI=1S/C13H25N3O3S/c1-4-7-16-10-13(15-11(16)3)20(18,19)14-9-12(5-2)6-8-17/h10,12,14,17H,4-9H2,1-3H3. The predicted molar refractivity (Wildman–Crippen MR) is 77.9 cm³/mol. The van der Waals surface area contributed by atoms with Crippen molar-refractivity contribution in [3.8, 4) is 0 Å². The molecule has 0 amide bonds. The van der Waals surface area contributed by atoms with Crippen molar-refractivity contribution >= 4 is 10.0 Å². The number of hydrogen-bond donors (Lipinski definition) is 2. The number of aliphatic hydroxyl groups excluding tert-OH is 1. The Morgan fingerprint density at radius 2 is 2.15 bits per heavy atom. The molecule has 1 rings (SSSR count). The van der Waals surface area contributed by atoms with Crippen molar-refractivity contribution in [3.05, 3.63) is 12.0 Å². The SMILES string of the molecule is CCCn1cc(S(=O)(=O)NCC(CC)CCO)nc1C. The third-order valence-electron chi connectivity index (χ3n) is 3.37. The van der Waals surface area contributed by atoms with Gasteiger partial charge in [0.2, 0.25) is 0 Å². The molecule has 6 nitrogen and oxygen atoms in total. The minimum atomic E-state index is -3.57. The van der Waals surface area contributed by atoms with Gasteiger partial charge in [-0.05, 0) is 25.7 Å². The molecular weight excluding hydrogens is 278 g/mol. The van der Waals surface area contributed by atoms with Crippen LogP contribution in [-0.4, -0.2) is 36.2 Å². The Morgan fingerprint density at radius 3 is 2.70 bits per heavy atom. The van der Waals surface area contributed by atoms with Crippen LogP contribution in [0.25, 0.3) is 0 Å². The molecule has 1 aromatic rings. The van der Waals surface area contributed by atoms with Crippen LogP contribution in [0.5, 0.6) is 0 Å². The molecule has 7 heteroatoms. The van der Waals surface area contributed by atoms with E-state index in [9.17, 15) is 8.42 Å². The highest BCUT2D eigenvalue weighted by Gasteiger charge is 2.20. The van der Waals surface area contributed by atoms with E-state index < -0.39 is 10.0 Å². The van der Waals surface area contributed by atoms with Gasteiger partial charge in [0.05, 0.1) is 0 Å². The van der Waals surface area contributed by atoms with E-state index in [1.165, 1.54) is 0 Å². The van der Waals surface area contributed by atoms with E-state index in [2.05, 4.69) is 9.71 Å². The Kier molecular flexibility index (Phi) is 6.64. The van der Waals surface area contributed by atoms with Crippen LogP contribution in [-0.2, 0) is 16.6 Å². The van der Waals surface area contributed by atoms with Crippen molar-refractivity contribution in [2.24, 2.45) is 5.92 Å². The molecule has 116 valence electrons. The largest absolute Gasteiger partial charge is 0.396 e. The molecule has 0 saturated heterocycles. The predicted octanol–water partition coefficient (Wildman–Crippen LogP) is 1.29. The molecule has 1 aromatic heterocycles. The Hall–Kier alpha value is -0.920. The second kappa shape index (κ2) is 7.75. The van der Waals surface area contributed by atoms with Crippen molar-refractivity contribution in [2.75, 3.05) is 13.2 Å². The van der Waals surface area contributed by atoms with Crippen LogP contribution in [0.1, 0.15) is 38.9 Å². The molecule has 20 heavy (non-hydrogen) atoms. The quantitative estimate of drug-likeness (QED) is 0.720. The molecule has 0 radical (unpaired) electrons. The summed E-state index contributed by atoms with van der Waals surface area (Å²) >= 11 is 0. The van der Waals surface area contributed by atoms with Crippen LogP contribution in [0, 0.1) is 12.8 Å². The van der Waals surface area contributed by atoms with E-state index in [1.807, 2.05) is 18.4 Å². The third kappa shape index (κ3) is 4.57. The number of aliphatic hydroxyl groups is 1. The molecule has 0 fully saturated rings. The van der Waals surface area contributed by atoms with Crippen molar-refractivity contribution in [2.45, 2.75) is 51.6 Å². The highest BCUT2D eigenvalue weighted by Crippen LogP contribution is 2.12. The lowest BCUT2D eigenvalue weighted by Crippen LogP contribution is -2.30. The molecule has 0 bridgehead atoms. The molecule has 1 atom stereocenters. The number of imidazole rings is 1. The lowest BCUT2D eigenvalue weighted by atomic mass is 10.0. The summed E-state index contributed by atoms with van der Waals surface area (Å²) in [6.07, 6.45) is 3.93. The van der Waals surface area contributed by atoms with Gasteiger partial charge in [0.1, 0.15) is 5.82 Å². The van der Waals surface area contributed by atoms with E-state index in [4.69, 9.17) is 5.11 Å². The van der Waals surface area contributed by atoms with E-state index in [1.54, 1.807) is 13.1 Å². The van der Waals surface area contributed by atoms with Gasteiger partial charge in [-0.2, -0.15) is 0 Å². The average Bonchev–Trinajstić information content (AvgIpc) is 2.77. The van der Waals surface area contributed by atoms with Crippen molar-refractivity contribution < 1.29 is 13.5 Å². The molecule has 0 aliphatic heterocycles. The van der Waals surface area contributed by atoms with Crippen molar-refractivity contribution in [3.63, 3.8) is 0 Å². The second-order valence-electron chi connectivity index (χ2n) is 4.96. The Bertz CT molecular complexity index is 511. The van der Waals surface area contributed by atoms with Crippen LogP contribution < -0.4 is 4.72 Å². The smallest absolute Gasteiger partial charge is 0.259 e. The van der Waals surface area contributed by atoms with Gasteiger partial charge in [-0.3, -0.25) is 0 Å². The summed E-state index contributed by atoms with van der Waals surface area (Å²) in [6.45, 7) is 6.98. The summed E-state index contributed by atoms with van der Waals surface area (Å²) in [5.41, 5.74) is 0. The Labute approximate surface area is 121 Å². The summed E-state index contributed by atoms with van der Waals surface area (Å²) in [7, 11) is -3.57. The molecule has 1 heterocycles. The fourth-order valence-corrected chi connectivity index (χ4v) is 3.13. The molecule has 0 spiro atoms. The molecule has 0 aliphatic carbocycles. The number of aryl methyl sites for hydroxylation is 2.